The largest absolute Gasteiger partial charge is 0.478 e. The van der Waals surface area contributed by atoms with Gasteiger partial charge in [-0.25, -0.2) is 9.48 Å². The van der Waals surface area contributed by atoms with Crippen LogP contribution >= 0.6 is 11.6 Å². The van der Waals surface area contributed by atoms with Crippen LogP contribution in [0.2, 0.25) is 5.02 Å². The van der Waals surface area contributed by atoms with Gasteiger partial charge in [0.2, 0.25) is 11.8 Å². The zero-order valence-corrected chi connectivity index (χ0v) is 19.7. The van der Waals surface area contributed by atoms with Gasteiger partial charge in [0.15, 0.2) is 0 Å². The van der Waals surface area contributed by atoms with Crippen LogP contribution in [-0.4, -0.2) is 26.0 Å². The molecular formula is C26H22ClN3O5. The fourth-order valence-corrected chi connectivity index (χ4v) is 4.75. The normalized spacial score (nSPS) is 14.6. The highest BCUT2D eigenvalue weighted by Crippen LogP contribution is 2.45. The highest BCUT2D eigenvalue weighted by molar-refractivity contribution is 6.33. The quantitative estimate of drug-likeness (QED) is 0.353. The second kappa shape index (κ2) is 8.46. The Bertz CT molecular complexity index is 1430. The lowest BCUT2D eigenvalue weighted by Crippen LogP contribution is -2.04. The number of aromatic nitrogens is 3. The third-order valence-corrected chi connectivity index (χ3v) is 6.74. The lowest BCUT2D eigenvalue weighted by atomic mass is 10.0. The summed E-state index contributed by atoms with van der Waals surface area (Å²) in [5, 5.41) is 18.8. The lowest BCUT2D eigenvalue weighted by Gasteiger charge is -2.09. The summed E-state index contributed by atoms with van der Waals surface area (Å²) >= 11 is 6.52. The first-order valence-electron chi connectivity index (χ1n) is 11.5. The summed E-state index contributed by atoms with van der Waals surface area (Å²) in [6.45, 7) is 2.78. The van der Waals surface area contributed by atoms with Crippen molar-refractivity contribution in [3.05, 3.63) is 75.5 Å². The molecule has 0 unspecified atom stereocenters. The fourth-order valence-electron chi connectivity index (χ4n) is 4.44. The van der Waals surface area contributed by atoms with Crippen LogP contribution in [0.3, 0.4) is 0 Å². The Balaban J connectivity index is 1.26. The van der Waals surface area contributed by atoms with Gasteiger partial charge in [0.05, 0.1) is 22.2 Å². The predicted molar refractivity (Wildman–Crippen MR) is 127 cm³/mol. The standard InChI is InChI=1S/C26H22ClN3O5/c1-14-3-2-4-19(27)23(14)24-18(25(35-29-24)15-5-6-15)13-33-21-12-22-30(28-21)10-9-16-11-17(26(31)32)7-8-20(16)34-22/h2-4,7-8,11-12,15H,5-6,9-10,13H2,1H3,(H,31,32). The van der Waals surface area contributed by atoms with Gasteiger partial charge in [-0.15, -0.1) is 5.10 Å². The molecule has 2 aromatic carbocycles. The minimum absolute atomic E-state index is 0.237. The van der Waals surface area contributed by atoms with E-state index in [1.165, 1.54) is 6.07 Å². The van der Waals surface area contributed by atoms with E-state index in [0.717, 1.165) is 40.9 Å². The minimum Gasteiger partial charge on any atom is -0.478 e. The van der Waals surface area contributed by atoms with Gasteiger partial charge < -0.3 is 19.1 Å². The van der Waals surface area contributed by atoms with Gasteiger partial charge in [0, 0.05) is 18.0 Å². The molecule has 6 rings (SSSR count). The number of hydrogen-bond donors (Lipinski definition) is 1. The molecule has 3 heterocycles. The van der Waals surface area contributed by atoms with Crippen molar-refractivity contribution >= 4 is 17.6 Å². The number of carboxylic acid groups (broad SMARTS) is 1. The molecule has 2 aromatic heterocycles. The number of ether oxygens (including phenoxy) is 2. The summed E-state index contributed by atoms with van der Waals surface area (Å²) in [6, 6.07) is 12.4. The molecule has 35 heavy (non-hydrogen) atoms. The van der Waals surface area contributed by atoms with Gasteiger partial charge in [0.25, 0.3) is 0 Å². The number of nitrogens with zero attached hydrogens (tertiary/aromatic N) is 3. The van der Waals surface area contributed by atoms with Gasteiger partial charge in [-0.2, -0.15) is 0 Å². The van der Waals surface area contributed by atoms with Crippen LogP contribution in [0.1, 0.15) is 51.6 Å². The van der Waals surface area contributed by atoms with Crippen LogP contribution in [0, 0.1) is 6.92 Å². The fraction of sp³-hybridized carbons (Fsp3) is 0.269. The van der Waals surface area contributed by atoms with Crippen LogP contribution in [0.4, 0.5) is 0 Å². The number of rotatable bonds is 6. The number of benzene rings is 2. The van der Waals surface area contributed by atoms with E-state index in [-0.39, 0.29) is 12.2 Å². The number of carboxylic acids is 1. The van der Waals surface area contributed by atoms with Crippen molar-refractivity contribution in [3.8, 4) is 28.8 Å². The van der Waals surface area contributed by atoms with Crippen molar-refractivity contribution < 1.29 is 23.9 Å². The first-order valence-corrected chi connectivity index (χ1v) is 11.8. The van der Waals surface area contributed by atoms with Gasteiger partial charge in [-0.05, 0) is 61.6 Å². The number of halogens is 1. The Labute approximate surface area is 206 Å². The van der Waals surface area contributed by atoms with Crippen LogP contribution < -0.4 is 9.47 Å². The number of aryl methyl sites for hydroxylation is 3. The molecule has 1 saturated carbocycles. The summed E-state index contributed by atoms with van der Waals surface area (Å²) in [4.78, 5) is 11.3. The van der Waals surface area contributed by atoms with Crippen LogP contribution in [0.15, 0.2) is 47.0 Å². The Hall–Kier alpha value is -3.78. The maximum Gasteiger partial charge on any atom is 0.335 e. The van der Waals surface area contributed by atoms with Crippen molar-refractivity contribution in [1.82, 2.24) is 14.9 Å². The molecule has 0 saturated heterocycles. The maximum atomic E-state index is 11.3. The van der Waals surface area contributed by atoms with Crippen molar-refractivity contribution in [2.75, 3.05) is 0 Å². The highest BCUT2D eigenvalue weighted by atomic mass is 35.5. The molecule has 1 N–H and O–H groups in total. The maximum absolute atomic E-state index is 11.3. The Kier molecular flexibility index (Phi) is 5.25. The van der Waals surface area contributed by atoms with Crippen molar-refractivity contribution in [2.24, 2.45) is 0 Å². The van der Waals surface area contributed by atoms with Gasteiger partial charge in [-0.3, -0.25) is 0 Å². The van der Waals surface area contributed by atoms with E-state index in [1.54, 1.807) is 22.9 Å². The van der Waals surface area contributed by atoms with Crippen LogP contribution in [-0.2, 0) is 19.6 Å². The smallest absolute Gasteiger partial charge is 0.335 e. The molecule has 9 heteroatoms. The Morgan fingerprint density at radius 1 is 1.26 bits per heavy atom. The molecule has 0 atom stereocenters. The molecule has 0 amide bonds. The molecule has 4 aromatic rings. The summed E-state index contributed by atoms with van der Waals surface area (Å²) in [5.74, 6) is 1.82. The number of hydrogen-bond acceptors (Lipinski definition) is 6. The molecule has 8 nitrogen and oxygen atoms in total. The first-order chi connectivity index (χ1) is 17.0. The van der Waals surface area contributed by atoms with E-state index >= 15 is 0 Å². The SMILES string of the molecule is Cc1cccc(Cl)c1-c1noc(C2CC2)c1COc1cc2n(n1)CCc1cc(C(=O)O)ccc1O2. The average molecular weight is 492 g/mol. The second-order valence-electron chi connectivity index (χ2n) is 8.89. The van der Waals surface area contributed by atoms with E-state index < -0.39 is 5.97 Å². The van der Waals surface area contributed by atoms with E-state index in [1.807, 2.05) is 25.1 Å². The molecule has 0 radical (unpaired) electrons. The molecule has 2 aliphatic rings. The summed E-state index contributed by atoms with van der Waals surface area (Å²) in [7, 11) is 0. The zero-order chi connectivity index (χ0) is 24.1. The number of fused-ring (bicyclic) bond motifs is 2. The lowest BCUT2D eigenvalue weighted by molar-refractivity contribution is 0.0696. The molecule has 0 bridgehead atoms. The topological polar surface area (TPSA) is 99.6 Å². The summed E-state index contributed by atoms with van der Waals surface area (Å²) in [5.41, 5.74) is 4.53. The van der Waals surface area contributed by atoms with Crippen molar-refractivity contribution in [2.45, 2.75) is 45.3 Å². The third kappa shape index (κ3) is 4.04. The van der Waals surface area contributed by atoms with E-state index in [9.17, 15) is 9.90 Å². The predicted octanol–water partition coefficient (Wildman–Crippen LogP) is 6.00. The summed E-state index contributed by atoms with van der Waals surface area (Å²) < 4.78 is 19.6. The van der Waals surface area contributed by atoms with E-state index in [0.29, 0.717) is 47.1 Å². The van der Waals surface area contributed by atoms with Crippen LogP contribution in [0.25, 0.3) is 11.3 Å². The minimum atomic E-state index is -0.962. The second-order valence-corrected chi connectivity index (χ2v) is 9.30. The van der Waals surface area contributed by atoms with Crippen LogP contribution in [0.5, 0.6) is 17.5 Å². The van der Waals surface area contributed by atoms with Crippen molar-refractivity contribution in [3.63, 3.8) is 0 Å². The van der Waals surface area contributed by atoms with E-state index in [4.69, 9.17) is 25.6 Å². The van der Waals surface area contributed by atoms with Crippen molar-refractivity contribution in [1.29, 1.82) is 0 Å². The molecule has 1 aliphatic heterocycles. The number of aromatic carboxylic acids is 1. The van der Waals surface area contributed by atoms with E-state index in [2.05, 4.69) is 10.3 Å². The monoisotopic (exact) mass is 491 g/mol. The molecule has 1 fully saturated rings. The molecule has 178 valence electrons. The molecule has 1 aliphatic carbocycles. The number of carbonyl (C=O) groups is 1. The van der Waals surface area contributed by atoms with Gasteiger partial charge >= 0.3 is 5.97 Å². The van der Waals surface area contributed by atoms with Gasteiger partial charge in [-0.1, -0.05) is 28.9 Å². The van der Waals surface area contributed by atoms with Gasteiger partial charge in [0.1, 0.15) is 23.8 Å². The third-order valence-electron chi connectivity index (χ3n) is 6.43. The molecule has 0 spiro atoms. The first kappa shape index (κ1) is 21.7. The highest BCUT2D eigenvalue weighted by Gasteiger charge is 2.33. The Morgan fingerprint density at radius 3 is 2.89 bits per heavy atom. The average Bonchev–Trinajstić information content (AvgIpc) is 3.53. The zero-order valence-electron chi connectivity index (χ0n) is 19.0. The summed E-state index contributed by atoms with van der Waals surface area (Å²) in [6.07, 6.45) is 2.73. The molecular weight excluding hydrogens is 470 g/mol. The Morgan fingerprint density at radius 2 is 2.11 bits per heavy atom.